The van der Waals surface area contributed by atoms with Crippen molar-refractivity contribution < 1.29 is 0 Å². The van der Waals surface area contributed by atoms with Gasteiger partial charge < -0.3 is 9.88 Å². The number of hydrogen-bond acceptors (Lipinski definition) is 1. The van der Waals surface area contributed by atoms with Gasteiger partial charge in [0.15, 0.2) is 0 Å². The quantitative estimate of drug-likeness (QED) is 0.704. The Morgan fingerprint density at radius 1 is 1.67 bits per heavy atom. The van der Waals surface area contributed by atoms with Crippen LogP contribution in [0.25, 0.3) is 0 Å². The van der Waals surface area contributed by atoms with E-state index in [1.165, 1.54) is 31.5 Å². The van der Waals surface area contributed by atoms with E-state index < -0.39 is 0 Å². The van der Waals surface area contributed by atoms with Crippen molar-refractivity contribution in [2.75, 3.05) is 13.6 Å². The Morgan fingerprint density at radius 3 is 3.17 bits per heavy atom. The summed E-state index contributed by atoms with van der Waals surface area (Å²) >= 11 is 0. The molecule has 2 heterocycles. The molecular formula is C10H16N2. The molecule has 2 heteroatoms. The zero-order chi connectivity index (χ0) is 8.39. The summed E-state index contributed by atoms with van der Waals surface area (Å²) < 4.78 is 0. The monoisotopic (exact) mass is 164 g/mol. The molecule has 0 aliphatic carbocycles. The number of rotatable bonds is 2. The first-order chi connectivity index (χ1) is 5.86. The zero-order valence-electron chi connectivity index (χ0n) is 7.59. The normalized spacial score (nSPS) is 24.9. The molecule has 1 N–H and O–H groups in total. The van der Waals surface area contributed by atoms with Gasteiger partial charge in [0.25, 0.3) is 0 Å². The molecule has 0 amide bonds. The predicted octanol–water partition coefficient (Wildman–Crippen LogP) is 1.65. The Balaban J connectivity index is 1.95. The lowest BCUT2D eigenvalue weighted by Crippen LogP contribution is -2.26. The van der Waals surface area contributed by atoms with Crippen LogP contribution in [0.5, 0.6) is 0 Å². The van der Waals surface area contributed by atoms with Crippen molar-refractivity contribution in [2.45, 2.75) is 25.3 Å². The predicted molar refractivity (Wildman–Crippen MR) is 50.1 cm³/mol. The number of hydrogen-bond donors (Lipinski definition) is 1. The third kappa shape index (κ3) is 1.53. The van der Waals surface area contributed by atoms with E-state index in [1.54, 1.807) is 0 Å². The van der Waals surface area contributed by atoms with Crippen molar-refractivity contribution in [3.8, 4) is 0 Å². The molecule has 1 saturated heterocycles. The van der Waals surface area contributed by atoms with Gasteiger partial charge >= 0.3 is 0 Å². The fourth-order valence-electron chi connectivity index (χ4n) is 1.99. The standard InChI is InChI=1S/C10H16N2/c1-12-7-3-5-10(12)8-9-4-2-6-11-9/h2,4,6,10-11H,3,5,7-8H2,1H3/t10-/m0/s1. The van der Waals surface area contributed by atoms with Crippen LogP contribution >= 0.6 is 0 Å². The summed E-state index contributed by atoms with van der Waals surface area (Å²) in [5.41, 5.74) is 1.37. The molecule has 66 valence electrons. The largest absolute Gasteiger partial charge is 0.365 e. The minimum Gasteiger partial charge on any atom is -0.365 e. The SMILES string of the molecule is CN1CCC[C@H]1Cc1ccc[nH]1. The van der Waals surface area contributed by atoms with Crippen LogP contribution in [0.3, 0.4) is 0 Å². The second-order valence-corrected chi connectivity index (χ2v) is 3.68. The van der Waals surface area contributed by atoms with Crippen LogP contribution < -0.4 is 0 Å². The topological polar surface area (TPSA) is 19.0 Å². The van der Waals surface area contributed by atoms with E-state index in [0.717, 1.165) is 6.04 Å². The highest BCUT2D eigenvalue weighted by molar-refractivity contribution is 5.06. The number of likely N-dealkylation sites (tertiary alicyclic amines) is 1. The number of H-pyrrole nitrogens is 1. The Kier molecular flexibility index (Phi) is 2.17. The molecule has 0 bridgehead atoms. The van der Waals surface area contributed by atoms with Crippen molar-refractivity contribution >= 4 is 0 Å². The molecule has 1 aliphatic rings. The number of nitrogens with one attached hydrogen (secondary N) is 1. The zero-order valence-corrected chi connectivity index (χ0v) is 7.59. The molecule has 0 unspecified atom stereocenters. The molecule has 0 radical (unpaired) electrons. The second kappa shape index (κ2) is 3.31. The summed E-state index contributed by atoms with van der Waals surface area (Å²) in [5, 5.41) is 0. The molecule has 1 aromatic heterocycles. The summed E-state index contributed by atoms with van der Waals surface area (Å²) in [5.74, 6) is 0. The number of aromatic amines is 1. The summed E-state index contributed by atoms with van der Waals surface area (Å²) in [7, 11) is 2.22. The Morgan fingerprint density at radius 2 is 2.58 bits per heavy atom. The van der Waals surface area contributed by atoms with Gasteiger partial charge in [0.05, 0.1) is 0 Å². The van der Waals surface area contributed by atoms with Gasteiger partial charge in [0.2, 0.25) is 0 Å². The lowest BCUT2D eigenvalue weighted by Gasteiger charge is -2.18. The van der Waals surface area contributed by atoms with Gasteiger partial charge in [-0.25, -0.2) is 0 Å². The van der Waals surface area contributed by atoms with Gasteiger partial charge in [-0.3, -0.25) is 0 Å². The maximum Gasteiger partial charge on any atom is 0.0162 e. The van der Waals surface area contributed by atoms with Crippen molar-refractivity contribution in [1.82, 2.24) is 9.88 Å². The highest BCUT2D eigenvalue weighted by atomic mass is 15.1. The smallest absolute Gasteiger partial charge is 0.0162 e. The minimum atomic E-state index is 0.767. The Hall–Kier alpha value is -0.760. The number of aromatic nitrogens is 1. The van der Waals surface area contributed by atoms with E-state index in [1.807, 2.05) is 6.20 Å². The van der Waals surface area contributed by atoms with E-state index in [4.69, 9.17) is 0 Å². The van der Waals surface area contributed by atoms with E-state index >= 15 is 0 Å². The second-order valence-electron chi connectivity index (χ2n) is 3.68. The van der Waals surface area contributed by atoms with Crippen LogP contribution in [-0.2, 0) is 6.42 Å². The fourth-order valence-corrected chi connectivity index (χ4v) is 1.99. The molecule has 1 fully saturated rings. The summed E-state index contributed by atoms with van der Waals surface area (Å²) in [6, 6.07) is 5.01. The molecular weight excluding hydrogens is 148 g/mol. The lowest BCUT2D eigenvalue weighted by molar-refractivity contribution is 0.308. The molecule has 1 aromatic rings. The van der Waals surface area contributed by atoms with Crippen LogP contribution in [0.2, 0.25) is 0 Å². The van der Waals surface area contributed by atoms with E-state index in [2.05, 4.69) is 29.1 Å². The first-order valence-electron chi connectivity index (χ1n) is 4.69. The minimum absolute atomic E-state index is 0.767. The van der Waals surface area contributed by atoms with Crippen LogP contribution in [0, 0.1) is 0 Å². The van der Waals surface area contributed by atoms with Gasteiger partial charge in [-0.05, 0) is 38.6 Å². The maximum absolute atomic E-state index is 3.26. The summed E-state index contributed by atoms with van der Waals surface area (Å²) in [4.78, 5) is 5.72. The molecule has 12 heavy (non-hydrogen) atoms. The van der Waals surface area contributed by atoms with Crippen LogP contribution in [0.4, 0.5) is 0 Å². The van der Waals surface area contributed by atoms with Gasteiger partial charge in [-0.2, -0.15) is 0 Å². The average molecular weight is 164 g/mol. The summed E-state index contributed by atoms with van der Waals surface area (Å²) in [6.07, 6.45) is 5.91. The molecule has 0 saturated carbocycles. The third-order valence-electron chi connectivity index (χ3n) is 2.79. The van der Waals surface area contributed by atoms with Crippen molar-refractivity contribution in [1.29, 1.82) is 0 Å². The van der Waals surface area contributed by atoms with Gasteiger partial charge in [-0.15, -0.1) is 0 Å². The van der Waals surface area contributed by atoms with E-state index in [-0.39, 0.29) is 0 Å². The van der Waals surface area contributed by atoms with Crippen molar-refractivity contribution in [3.05, 3.63) is 24.0 Å². The van der Waals surface area contributed by atoms with Gasteiger partial charge in [-0.1, -0.05) is 0 Å². The third-order valence-corrected chi connectivity index (χ3v) is 2.79. The maximum atomic E-state index is 3.26. The highest BCUT2D eigenvalue weighted by Gasteiger charge is 2.20. The number of nitrogens with zero attached hydrogens (tertiary/aromatic N) is 1. The fraction of sp³-hybridized carbons (Fsp3) is 0.600. The highest BCUT2D eigenvalue weighted by Crippen LogP contribution is 2.18. The Bertz CT molecular complexity index is 228. The molecule has 1 atom stereocenters. The molecule has 0 spiro atoms. The van der Waals surface area contributed by atoms with E-state index in [9.17, 15) is 0 Å². The van der Waals surface area contributed by atoms with Gasteiger partial charge in [0.1, 0.15) is 0 Å². The van der Waals surface area contributed by atoms with Crippen LogP contribution in [0.1, 0.15) is 18.5 Å². The number of likely N-dealkylation sites (N-methyl/N-ethyl adjacent to an activating group) is 1. The van der Waals surface area contributed by atoms with Gasteiger partial charge in [0, 0.05) is 24.4 Å². The molecule has 2 rings (SSSR count). The molecule has 2 nitrogen and oxygen atoms in total. The molecule has 0 aromatic carbocycles. The average Bonchev–Trinajstić information content (AvgIpc) is 2.65. The van der Waals surface area contributed by atoms with E-state index in [0.29, 0.717) is 0 Å². The van der Waals surface area contributed by atoms with Crippen LogP contribution in [-0.4, -0.2) is 29.5 Å². The first kappa shape index (κ1) is 7.87. The lowest BCUT2D eigenvalue weighted by atomic mass is 10.1. The Labute approximate surface area is 73.6 Å². The molecule has 1 aliphatic heterocycles. The first-order valence-corrected chi connectivity index (χ1v) is 4.69. The van der Waals surface area contributed by atoms with Crippen LogP contribution in [0.15, 0.2) is 18.3 Å². The summed E-state index contributed by atoms with van der Waals surface area (Å²) in [6.45, 7) is 1.27. The van der Waals surface area contributed by atoms with Crippen molar-refractivity contribution in [3.63, 3.8) is 0 Å². The van der Waals surface area contributed by atoms with Crippen molar-refractivity contribution in [2.24, 2.45) is 0 Å².